The van der Waals surface area contributed by atoms with Crippen LogP contribution < -0.4 is 0 Å². The molecule has 1 aliphatic rings. The van der Waals surface area contributed by atoms with Gasteiger partial charge in [0.1, 0.15) is 5.01 Å². The van der Waals surface area contributed by atoms with Crippen molar-refractivity contribution >= 4 is 51.8 Å². The molecule has 2 aromatic heterocycles. The van der Waals surface area contributed by atoms with Crippen LogP contribution in [-0.4, -0.2) is 46.9 Å². The number of benzene rings is 1. The number of aromatic nitrogens is 1. The number of carbonyl (C=O) groups is 1. The van der Waals surface area contributed by atoms with Crippen LogP contribution in [0.5, 0.6) is 0 Å². The van der Waals surface area contributed by atoms with Gasteiger partial charge in [-0.25, -0.2) is 4.98 Å². The van der Waals surface area contributed by atoms with Crippen molar-refractivity contribution in [3.8, 4) is 10.6 Å². The van der Waals surface area contributed by atoms with Gasteiger partial charge < -0.3 is 4.90 Å². The van der Waals surface area contributed by atoms with E-state index in [0.29, 0.717) is 28.7 Å². The van der Waals surface area contributed by atoms with Crippen molar-refractivity contribution in [3.63, 3.8) is 0 Å². The van der Waals surface area contributed by atoms with E-state index in [9.17, 15) is 4.79 Å². The van der Waals surface area contributed by atoms with Crippen LogP contribution in [0, 0.1) is 0 Å². The summed E-state index contributed by atoms with van der Waals surface area (Å²) in [4.78, 5) is 22.8. The molecule has 1 saturated heterocycles. The second-order valence-corrected chi connectivity index (χ2v) is 9.03. The van der Waals surface area contributed by atoms with E-state index in [1.807, 2.05) is 11.0 Å². The lowest BCUT2D eigenvalue weighted by Gasteiger charge is -2.34. The average molecular weight is 438 g/mol. The van der Waals surface area contributed by atoms with Crippen molar-refractivity contribution in [3.05, 3.63) is 61.7 Å². The lowest BCUT2D eigenvalue weighted by atomic mass is 10.2. The van der Waals surface area contributed by atoms with E-state index >= 15 is 0 Å². The predicted molar refractivity (Wildman–Crippen MR) is 113 cm³/mol. The summed E-state index contributed by atoms with van der Waals surface area (Å²) in [5, 5.41) is 6.23. The molecule has 1 amide bonds. The molecule has 1 aliphatic heterocycles. The molecule has 3 aromatic rings. The normalized spacial score (nSPS) is 15.3. The average Bonchev–Trinajstić information content (AvgIpc) is 3.33. The fourth-order valence-electron chi connectivity index (χ4n) is 3.05. The van der Waals surface area contributed by atoms with Gasteiger partial charge in [-0.3, -0.25) is 9.69 Å². The maximum absolute atomic E-state index is 12.7. The van der Waals surface area contributed by atoms with Gasteiger partial charge in [-0.05, 0) is 29.6 Å². The van der Waals surface area contributed by atoms with Crippen molar-refractivity contribution in [2.45, 2.75) is 6.54 Å². The third-order valence-corrected chi connectivity index (χ3v) is 6.78. The maximum atomic E-state index is 12.7. The van der Waals surface area contributed by atoms with Crippen molar-refractivity contribution in [2.24, 2.45) is 0 Å². The number of nitrogens with zero attached hydrogens (tertiary/aromatic N) is 3. The molecule has 0 spiro atoms. The van der Waals surface area contributed by atoms with E-state index in [4.69, 9.17) is 28.2 Å². The van der Waals surface area contributed by atoms with Gasteiger partial charge in [0.15, 0.2) is 0 Å². The molecule has 4 nitrogen and oxygen atoms in total. The molecule has 140 valence electrons. The second kappa shape index (κ2) is 8.29. The summed E-state index contributed by atoms with van der Waals surface area (Å²) in [5.41, 5.74) is 1.56. The van der Waals surface area contributed by atoms with Crippen molar-refractivity contribution in [1.82, 2.24) is 14.8 Å². The van der Waals surface area contributed by atoms with E-state index < -0.39 is 0 Å². The lowest BCUT2D eigenvalue weighted by Crippen LogP contribution is -2.48. The minimum Gasteiger partial charge on any atom is -0.336 e. The third-order valence-electron chi connectivity index (χ3n) is 4.51. The first-order valence-corrected chi connectivity index (χ1v) is 11.1. The van der Waals surface area contributed by atoms with Crippen molar-refractivity contribution < 1.29 is 4.79 Å². The zero-order valence-corrected chi connectivity index (χ0v) is 17.5. The first kappa shape index (κ1) is 18.9. The molecule has 0 aliphatic carbocycles. The van der Waals surface area contributed by atoms with Crippen LogP contribution in [0.2, 0.25) is 10.0 Å². The molecular weight excluding hydrogens is 421 g/mol. The highest BCUT2D eigenvalue weighted by atomic mass is 35.5. The van der Waals surface area contributed by atoms with E-state index in [0.717, 1.165) is 30.3 Å². The molecule has 1 aromatic carbocycles. The SMILES string of the molecule is O=C(c1ccc(Cl)cc1Cl)N1CCN(Cc2nc(-c3cccs3)cs2)CC1. The molecule has 0 saturated carbocycles. The molecule has 8 heteroatoms. The Kier molecular flexibility index (Phi) is 5.80. The maximum Gasteiger partial charge on any atom is 0.255 e. The molecule has 27 heavy (non-hydrogen) atoms. The van der Waals surface area contributed by atoms with Gasteiger partial charge in [0.2, 0.25) is 0 Å². The fraction of sp³-hybridized carbons (Fsp3) is 0.263. The molecule has 1 fully saturated rings. The highest BCUT2D eigenvalue weighted by molar-refractivity contribution is 7.14. The first-order chi connectivity index (χ1) is 13.1. The number of carbonyl (C=O) groups excluding carboxylic acids is 1. The van der Waals surface area contributed by atoms with Gasteiger partial charge in [-0.1, -0.05) is 29.3 Å². The van der Waals surface area contributed by atoms with Crippen molar-refractivity contribution in [1.29, 1.82) is 0 Å². The Hall–Kier alpha value is -1.44. The number of amides is 1. The van der Waals surface area contributed by atoms with Crippen LogP contribution in [0.25, 0.3) is 10.6 Å². The zero-order chi connectivity index (χ0) is 18.8. The van der Waals surface area contributed by atoms with Gasteiger partial charge >= 0.3 is 0 Å². The number of thiophene rings is 1. The molecule has 0 atom stereocenters. The Morgan fingerprint density at radius 2 is 1.93 bits per heavy atom. The van der Waals surface area contributed by atoms with Gasteiger partial charge in [-0.2, -0.15) is 0 Å². The second-order valence-electron chi connectivity index (χ2n) is 6.30. The quantitative estimate of drug-likeness (QED) is 0.566. The van der Waals surface area contributed by atoms with E-state index in [1.165, 1.54) is 4.88 Å². The van der Waals surface area contributed by atoms with E-state index in [1.54, 1.807) is 40.9 Å². The molecule has 0 unspecified atom stereocenters. The number of thiazole rings is 1. The minimum atomic E-state index is -0.0365. The summed E-state index contributed by atoms with van der Waals surface area (Å²) in [5.74, 6) is -0.0365. The van der Waals surface area contributed by atoms with E-state index in [2.05, 4.69) is 21.7 Å². The van der Waals surface area contributed by atoms with Gasteiger partial charge in [0.05, 0.1) is 27.7 Å². The fourth-order valence-corrected chi connectivity index (χ4v) is 5.14. The largest absolute Gasteiger partial charge is 0.336 e. The number of hydrogen-bond donors (Lipinski definition) is 0. The Morgan fingerprint density at radius 1 is 1.11 bits per heavy atom. The number of rotatable bonds is 4. The molecule has 0 N–H and O–H groups in total. The highest BCUT2D eigenvalue weighted by Crippen LogP contribution is 2.27. The summed E-state index contributed by atoms with van der Waals surface area (Å²) < 4.78 is 0. The Labute approximate surface area is 176 Å². The van der Waals surface area contributed by atoms with Crippen LogP contribution in [0.15, 0.2) is 41.1 Å². The lowest BCUT2D eigenvalue weighted by molar-refractivity contribution is 0.0628. The molecular formula is C19H17Cl2N3OS2. The third kappa shape index (κ3) is 4.36. The summed E-state index contributed by atoms with van der Waals surface area (Å²) >= 11 is 15.5. The smallest absolute Gasteiger partial charge is 0.255 e. The number of piperazine rings is 1. The molecule has 0 bridgehead atoms. The first-order valence-electron chi connectivity index (χ1n) is 8.55. The predicted octanol–water partition coefficient (Wildman–Crippen LogP) is 5.14. The number of halogens is 2. The molecule has 0 radical (unpaired) electrons. The summed E-state index contributed by atoms with van der Waals surface area (Å²) in [6.45, 7) is 3.83. The van der Waals surface area contributed by atoms with Crippen LogP contribution in [0.1, 0.15) is 15.4 Å². The summed E-state index contributed by atoms with van der Waals surface area (Å²) in [6, 6.07) is 9.14. The Morgan fingerprint density at radius 3 is 2.63 bits per heavy atom. The van der Waals surface area contributed by atoms with Crippen LogP contribution in [0.3, 0.4) is 0 Å². The minimum absolute atomic E-state index is 0.0365. The molecule has 4 rings (SSSR count). The van der Waals surface area contributed by atoms with Crippen LogP contribution in [-0.2, 0) is 6.54 Å². The van der Waals surface area contributed by atoms with Gasteiger partial charge in [0.25, 0.3) is 5.91 Å². The standard InChI is InChI=1S/C19H17Cl2N3OS2/c20-13-3-4-14(15(21)10-13)19(25)24-7-5-23(6-8-24)11-18-22-16(12-27-18)17-2-1-9-26-17/h1-4,9-10,12H,5-8,11H2. The van der Waals surface area contributed by atoms with E-state index in [-0.39, 0.29) is 5.91 Å². The number of hydrogen-bond acceptors (Lipinski definition) is 5. The Balaban J connectivity index is 1.34. The van der Waals surface area contributed by atoms with Gasteiger partial charge in [0, 0.05) is 36.6 Å². The Bertz CT molecular complexity index is 934. The molecule has 3 heterocycles. The monoisotopic (exact) mass is 437 g/mol. The van der Waals surface area contributed by atoms with Gasteiger partial charge in [-0.15, -0.1) is 22.7 Å². The highest BCUT2D eigenvalue weighted by Gasteiger charge is 2.24. The zero-order valence-electron chi connectivity index (χ0n) is 14.4. The summed E-state index contributed by atoms with van der Waals surface area (Å²) in [7, 11) is 0. The summed E-state index contributed by atoms with van der Waals surface area (Å²) in [6.07, 6.45) is 0. The van der Waals surface area contributed by atoms with Crippen LogP contribution in [0.4, 0.5) is 0 Å². The topological polar surface area (TPSA) is 36.4 Å². The van der Waals surface area contributed by atoms with Crippen molar-refractivity contribution in [2.75, 3.05) is 26.2 Å². The van der Waals surface area contributed by atoms with Crippen LogP contribution >= 0.6 is 45.9 Å².